The van der Waals surface area contributed by atoms with Gasteiger partial charge in [-0.05, 0) is 30.5 Å². The fourth-order valence-corrected chi connectivity index (χ4v) is 3.74. The van der Waals surface area contributed by atoms with Gasteiger partial charge in [-0.15, -0.1) is 0 Å². The van der Waals surface area contributed by atoms with Gasteiger partial charge in [-0.1, -0.05) is 26.8 Å². The molecule has 0 fully saturated rings. The van der Waals surface area contributed by atoms with Crippen molar-refractivity contribution in [3.05, 3.63) is 52.3 Å². The van der Waals surface area contributed by atoms with E-state index in [2.05, 4.69) is 4.98 Å². The second-order valence-corrected chi connectivity index (χ2v) is 9.14. The maximum Gasteiger partial charge on any atom is 0.182 e. The van der Waals surface area contributed by atoms with Gasteiger partial charge in [0, 0.05) is 49.6 Å². The number of phenolic OH excluding ortho intramolecular Hbond substituents is 1. The predicted molar refractivity (Wildman–Crippen MR) is 122 cm³/mol. The molecule has 0 amide bonds. The first kappa shape index (κ1) is 22.7. The van der Waals surface area contributed by atoms with Crippen molar-refractivity contribution in [2.24, 2.45) is 0 Å². The Morgan fingerprint density at radius 2 is 2.03 bits per heavy atom. The maximum absolute atomic E-state index is 13.3. The fourth-order valence-electron chi connectivity index (χ4n) is 3.74. The van der Waals surface area contributed by atoms with Gasteiger partial charge in [0.15, 0.2) is 5.78 Å². The largest absolute Gasteiger partial charge is 0.505 e. The van der Waals surface area contributed by atoms with Gasteiger partial charge < -0.3 is 19.6 Å². The number of carbonyl (C=O) groups is 1. The van der Waals surface area contributed by atoms with E-state index < -0.39 is 0 Å². The number of hydrogen-bond acceptors (Lipinski definition) is 6. The topological polar surface area (TPSA) is 89.8 Å². The van der Waals surface area contributed by atoms with Crippen LogP contribution in [0.2, 0.25) is 0 Å². The van der Waals surface area contributed by atoms with E-state index in [1.807, 2.05) is 51.8 Å². The molecule has 0 saturated heterocycles. The molecule has 1 aromatic carbocycles. The monoisotopic (exact) mass is 424 g/mol. The number of fused-ring (bicyclic) bond motifs is 1. The first-order valence-corrected chi connectivity index (χ1v) is 10.4. The van der Waals surface area contributed by atoms with Crippen molar-refractivity contribution in [2.45, 2.75) is 39.7 Å². The normalized spacial score (nSPS) is 13.5. The van der Waals surface area contributed by atoms with Gasteiger partial charge in [0.1, 0.15) is 17.3 Å². The Labute approximate surface area is 184 Å². The lowest BCUT2D eigenvalue weighted by Gasteiger charge is -2.27. The Morgan fingerprint density at radius 1 is 1.32 bits per heavy atom. The highest BCUT2D eigenvalue weighted by Gasteiger charge is 2.29. The van der Waals surface area contributed by atoms with E-state index in [9.17, 15) is 9.90 Å². The van der Waals surface area contributed by atoms with Crippen LogP contribution in [0.5, 0.6) is 5.75 Å². The van der Waals surface area contributed by atoms with Gasteiger partial charge in [0.2, 0.25) is 0 Å². The van der Waals surface area contributed by atoms with E-state index in [4.69, 9.17) is 10.1 Å². The summed E-state index contributed by atoms with van der Waals surface area (Å²) in [5, 5.41) is 19.4. The van der Waals surface area contributed by atoms with Crippen molar-refractivity contribution in [3.8, 4) is 5.75 Å². The number of nitrogens with zero attached hydrogens (tertiary/aromatic N) is 3. The van der Waals surface area contributed by atoms with Gasteiger partial charge in [-0.2, -0.15) is 0 Å². The van der Waals surface area contributed by atoms with Crippen LogP contribution in [-0.4, -0.2) is 60.5 Å². The number of aryl methyl sites for hydroxylation is 1. The lowest BCUT2D eigenvalue weighted by atomic mass is 9.84. The first-order valence-electron chi connectivity index (χ1n) is 10.4. The Hall–Kier alpha value is -2.93. The van der Waals surface area contributed by atoms with E-state index >= 15 is 0 Å². The third-order valence-corrected chi connectivity index (χ3v) is 5.62. The smallest absolute Gasteiger partial charge is 0.182 e. The lowest BCUT2D eigenvalue weighted by molar-refractivity contribution is 0.0962. The van der Waals surface area contributed by atoms with Crippen molar-refractivity contribution >= 4 is 17.3 Å². The zero-order chi connectivity index (χ0) is 22.9. The summed E-state index contributed by atoms with van der Waals surface area (Å²) in [6.45, 7) is 9.61. The average Bonchev–Trinajstić information content (AvgIpc) is 3.00. The van der Waals surface area contributed by atoms with E-state index in [1.165, 1.54) is 0 Å². The second-order valence-electron chi connectivity index (χ2n) is 9.14. The third-order valence-electron chi connectivity index (χ3n) is 5.62. The molecule has 2 N–H and O–H groups in total. The molecule has 1 aliphatic heterocycles. The molecule has 7 heteroatoms. The molecule has 166 valence electrons. The zero-order valence-corrected chi connectivity index (χ0v) is 19.2. The number of ether oxygens (including phenoxy) is 1. The first-order chi connectivity index (χ1) is 14.5. The maximum atomic E-state index is 13.3. The molecule has 0 radical (unpaired) electrons. The molecular formula is C24H32N4O3. The van der Waals surface area contributed by atoms with Crippen LogP contribution >= 0.6 is 0 Å². The summed E-state index contributed by atoms with van der Waals surface area (Å²) < 4.78 is 5.16. The molecule has 1 aromatic heterocycles. The summed E-state index contributed by atoms with van der Waals surface area (Å²) in [6.07, 6.45) is 0. The minimum atomic E-state index is -0.338. The number of phenols is 1. The summed E-state index contributed by atoms with van der Waals surface area (Å²) in [5.74, 6) is 0.365. The molecule has 3 rings (SSSR count). The molecule has 2 aromatic rings. The van der Waals surface area contributed by atoms with Crippen molar-refractivity contribution < 1.29 is 14.6 Å². The van der Waals surface area contributed by atoms with Crippen molar-refractivity contribution in [3.63, 3.8) is 0 Å². The van der Waals surface area contributed by atoms with Gasteiger partial charge in [0.25, 0.3) is 0 Å². The number of amidine groups is 1. The molecule has 2 heterocycles. The van der Waals surface area contributed by atoms with Crippen molar-refractivity contribution in [1.29, 1.82) is 5.41 Å². The van der Waals surface area contributed by atoms with E-state index in [0.717, 1.165) is 16.8 Å². The van der Waals surface area contributed by atoms with Gasteiger partial charge in [0.05, 0.1) is 18.8 Å². The summed E-state index contributed by atoms with van der Waals surface area (Å²) >= 11 is 0. The summed E-state index contributed by atoms with van der Waals surface area (Å²) in [7, 11) is 3.50. The Morgan fingerprint density at radius 3 is 2.68 bits per heavy atom. The number of Topliss-reactive ketones (excluding diaryl/α,β-unsaturated/α-hetero) is 1. The highest BCUT2D eigenvalue weighted by atomic mass is 16.5. The summed E-state index contributed by atoms with van der Waals surface area (Å²) in [4.78, 5) is 21.4. The van der Waals surface area contributed by atoms with Gasteiger partial charge in [-0.25, -0.2) is 4.98 Å². The number of anilines is 1. The highest BCUT2D eigenvalue weighted by molar-refractivity contribution is 6.05. The number of aromatic nitrogens is 1. The minimum Gasteiger partial charge on any atom is -0.505 e. The van der Waals surface area contributed by atoms with Crippen LogP contribution in [0.15, 0.2) is 24.3 Å². The van der Waals surface area contributed by atoms with Crippen LogP contribution < -0.4 is 4.90 Å². The van der Waals surface area contributed by atoms with Crippen LogP contribution in [0.1, 0.15) is 53.6 Å². The number of hydrogen-bond donors (Lipinski definition) is 2. The van der Waals surface area contributed by atoms with Crippen LogP contribution in [0.4, 0.5) is 5.69 Å². The molecule has 0 aliphatic carbocycles. The van der Waals surface area contributed by atoms with Gasteiger partial charge in [-0.3, -0.25) is 10.2 Å². The number of aromatic hydroxyl groups is 1. The number of rotatable bonds is 7. The molecule has 7 nitrogen and oxygen atoms in total. The lowest BCUT2D eigenvalue weighted by Crippen LogP contribution is -2.31. The highest BCUT2D eigenvalue weighted by Crippen LogP contribution is 2.39. The molecule has 0 atom stereocenters. The number of pyridine rings is 1. The standard InChI is InChI=1S/C24H32N4O3/c1-15-7-8-16-13-28(23(25)21(16)26-15)14-20(29)17-11-18(24(2,3)4)22(30)19(12-17)27(5)9-10-31-6/h7-8,11-12,25,30H,9-10,13-14H2,1-6H3. The van der Waals surface area contributed by atoms with Crippen molar-refractivity contribution in [1.82, 2.24) is 9.88 Å². The van der Waals surface area contributed by atoms with Gasteiger partial charge >= 0.3 is 0 Å². The van der Waals surface area contributed by atoms with E-state index in [1.54, 1.807) is 24.1 Å². The zero-order valence-electron chi connectivity index (χ0n) is 19.2. The summed E-state index contributed by atoms with van der Waals surface area (Å²) in [6, 6.07) is 7.41. The van der Waals surface area contributed by atoms with E-state index in [-0.39, 0.29) is 29.3 Å². The molecule has 0 spiro atoms. The molecule has 31 heavy (non-hydrogen) atoms. The molecule has 1 aliphatic rings. The molecule has 0 saturated carbocycles. The summed E-state index contributed by atoms with van der Waals surface area (Å²) in [5.41, 5.74) is 3.97. The number of ketones is 1. The number of likely N-dealkylation sites (N-methyl/N-ethyl adjacent to an activating group) is 1. The Balaban J connectivity index is 1.91. The number of nitrogens with one attached hydrogen (secondary N) is 1. The average molecular weight is 425 g/mol. The fraction of sp³-hybridized carbons (Fsp3) is 0.458. The quantitative estimate of drug-likeness (QED) is 0.661. The molecule has 0 bridgehead atoms. The van der Waals surface area contributed by atoms with Crippen LogP contribution in [-0.2, 0) is 16.7 Å². The predicted octanol–water partition coefficient (Wildman–Crippen LogP) is 3.50. The second kappa shape index (κ2) is 8.67. The van der Waals surface area contributed by atoms with E-state index in [0.29, 0.717) is 36.6 Å². The third kappa shape index (κ3) is 4.71. The van der Waals surface area contributed by atoms with Crippen molar-refractivity contribution in [2.75, 3.05) is 38.8 Å². The number of benzene rings is 1. The molecular weight excluding hydrogens is 392 g/mol. The Bertz CT molecular complexity index is 1010. The Kier molecular flexibility index (Phi) is 6.36. The molecule has 0 unspecified atom stereocenters. The number of carbonyl (C=O) groups excluding carboxylic acids is 1. The number of methoxy groups -OCH3 is 1. The minimum absolute atomic E-state index is 0.0871. The SMILES string of the molecule is COCCN(C)c1cc(C(=O)CN2Cc3ccc(C)nc3C2=N)cc(C(C)(C)C)c1O. The van der Waals surface area contributed by atoms with Crippen LogP contribution in [0, 0.1) is 12.3 Å². The van der Waals surface area contributed by atoms with Crippen LogP contribution in [0.3, 0.4) is 0 Å². The van der Waals surface area contributed by atoms with Crippen LogP contribution in [0.25, 0.3) is 0 Å².